The summed E-state index contributed by atoms with van der Waals surface area (Å²) < 4.78 is 23.0. The molecule has 0 radical (unpaired) electrons. The first kappa shape index (κ1) is 16.2. The molecule has 0 amide bonds. The second kappa shape index (κ2) is 6.32. The number of sulfone groups is 1. The third-order valence-electron chi connectivity index (χ3n) is 4.63. The SMILES string of the molecule is CC(C)(C)CCN1CCC(N2CCS(=O)(=O)CC2)CC1. The van der Waals surface area contributed by atoms with Gasteiger partial charge in [0.05, 0.1) is 11.5 Å². The van der Waals surface area contributed by atoms with Gasteiger partial charge in [-0.05, 0) is 44.3 Å². The molecule has 118 valence electrons. The lowest BCUT2D eigenvalue weighted by molar-refractivity contribution is 0.107. The third kappa shape index (κ3) is 5.01. The molecule has 0 aromatic carbocycles. The Kier molecular flexibility index (Phi) is 5.14. The molecule has 0 aliphatic carbocycles. The summed E-state index contributed by atoms with van der Waals surface area (Å²) in [5, 5.41) is 0. The highest BCUT2D eigenvalue weighted by Crippen LogP contribution is 2.22. The van der Waals surface area contributed by atoms with Crippen LogP contribution >= 0.6 is 0 Å². The van der Waals surface area contributed by atoms with Gasteiger partial charge in [-0.3, -0.25) is 4.90 Å². The quantitative estimate of drug-likeness (QED) is 0.794. The van der Waals surface area contributed by atoms with E-state index < -0.39 is 9.84 Å². The van der Waals surface area contributed by atoms with Crippen molar-refractivity contribution in [1.29, 1.82) is 0 Å². The fourth-order valence-electron chi connectivity index (χ4n) is 3.09. The predicted octanol–water partition coefficient (Wildman–Crippen LogP) is 1.62. The van der Waals surface area contributed by atoms with Gasteiger partial charge in [0, 0.05) is 19.1 Å². The van der Waals surface area contributed by atoms with Gasteiger partial charge in [-0.2, -0.15) is 0 Å². The molecule has 0 N–H and O–H groups in total. The van der Waals surface area contributed by atoms with Crippen LogP contribution < -0.4 is 0 Å². The van der Waals surface area contributed by atoms with Gasteiger partial charge in [0.15, 0.2) is 9.84 Å². The van der Waals surface area contributed by atoms with Crippen molar-refractivity contribution in [2.45, 2.75) is 46.1 Å². The zero-order valence-electron chi connectivity index (χ0n) is 13.3. The molecule has 2 fully saturated rings. The minimum absolute atomic E-state index is 0.358. The summed E-state index contributed by atoms with van der Waals surface area (Å²) in [6.45, 7) is 11.9. The largest absolute Gasteiger partial charge is 0.303 e. The van der Waals surface area contributed by atoms with Crippen molar-refractivity contribution in [1.82, 2.24) is 9.80 Å². The second-order valence-corrected chi connectivity index (χ2v) is 9.87. The van der Waals surface area contributed by atoms with Gasteiger partial charge in [0.1, 0.15) is 0 Å². The minimum Gasteiger partial charge on any atom is -0.303 e. The Morgan fingerprint density at radius 1 is 1.00 bits per heavy atom. The lowest BCUT2D eigenvalue weighted by Gasteiger charge is -2.40. The van der Waals surface area contributed by atoms with Crippen LogP contribution in [-0.4, -0.2) is 68.5 Å². The number of likely N-dealkylation sites (tertiary alicyclic amines) is 1. The summed E-state index contributed by atoms with van der Waals surface area (Å²) in [6.07, 6.45) is 3.65. The maximum atomic E-state index is 11.5. The van der Waals surface area contributed by atoms with Crippen molar-refractivity contribution >= 4 is 9.84 Å². The Hall–Kier alpha value is -0.130. The van der Waals surface area contributed by atoms with Crippen LogP contribution in [0.5, 0.6) is 0 Å². The summed E-state index contributed by atoms with van der Waals surface area (Å²) in [4.78, 5) is 4.98. The average Bonchev–Trinajstić information content (AvgIpc) is 2.36. The molecule has 20 heavy (non-hydrogen) atoms. The highest BCUT2D eigenvalue weighted by molar-refractivity contribution is 7.91. The summed E-state index contributed by atoms with van der Waals surface area (Å²) in [7, 11) is -2.74. The molecule has 2 saturated heterocycles. The standard InChI is InChI=1S/C15H30N2O2S/c1-15(2,3)6-9-16-7-4-14(5-8-16)17-10-12-20(18,19)13-11-17/h14H,4-13H2,1-3H3. The van der Waals surface area contributed by atoms with Crippen molar-refractivity contribution in [3.8, 4) is 0 Å². The molecule has 0 aromatic rings. The van der Waals surface area contributed by atoms with E-state index in [1.165, 1.54) is 38.9 Å². The van der Waals surface area contributed by atoms with E-state index >= 15 is 0 Å². The predicted molar refractivity (Wildman–Crippen MR) is 83.8 cm³/mol. The Morgan fingerprint density at radius 2 is 1.55 bits per heavy atom. The maximum absolute atomic E-state index is 11.5. The van der Waals surface area contributed by atoms with Crippen LogP contribution in [0.1, 0.15) is 40.0 Å². The van der Waals surface area contributed by atoms with E-state index in [1.807, 2.05) is 0 Å². The zero-order valence-corrected chi connectivity index (χ0v) is 14.1. The van der Waals surface area contributed by atoms with E-state index in [0.29, 0.717) is 23.0 Å². The number of hydrogen-bond donors (Lipinski definition) is 0. The molecule has 0 unspecified atom stereocenters. The molecule has 4 nitrogen and oxygen atoms in total. The van der Waals surface area contributed by atoms with Crippen LogP contribution in [0.2, 0.25) is 0 Å². The fraction of sp³-hybridized carbons (Fsp3) is 1.00. The molecule has 0 atom stereocenters. The maximum Gasteiger partial charge on any atom is 0.152 e. The van der Waals surface area contributed by atoms with E-state index in [2.05, 4.69) is 30.6 Å². The smallest absolute Gasteiger partial charge is 0.152 e. The lowest BCUT2D eigenvalue weighted by Crippen LogP contribution is -2.50. The van der Waals surface area contributed by atoms with Crippen LogP contribution in [0.4, 0.5) is 0 Å². The summed E-state index contributed by atoms with van der Waals surface area (Å²) in [6, 6.07) is 0.608. The number of hydrogen-bond acceptors (Lipinski definition) is 4. The van der Waals surface area contributed by atoms with Gasteiger partial charge in [0.25, 0.3) is 0 Å². The van der Waals surface area contributed by atoms with Gasteiger partial charge in [-0.25, -0.2) is 8.42 Å². The number of nitrogens with zero attached hydrogens (tertiary/aromatic N) is 2. The van der Waals surface area contributed by atoms with Crippen LogP contribution in [0.3, 0.4) is 0 Å². The first-order valence-corrected chi connectivity index (χ1v) is 9.74. The molecule has 0 aromatic heterocycles. The van der Waals surface area contributed by atoms with Crippen LogP contribution in [0.25, 0.3) is 0 Å². The molecule has 2 rings (SSSR count). The first-order valence-electron chi connectivity index (χ1n) is 7.92. The Labute approximate surface area is 124 Å². The molecule has 0 bridgehead atoms. The molecule has 2 aliphatic rings. The minimum atomic E-state index is -2.74. The molecular formula is C15H30N2O2S. The molecular weight excluding hydrogens is 272 g/mol. The molecule has 5 heteroatoms. The summed E-state index contributed by atoms with van der Waals surface area (Å²) >= 11 is 0. The highest BCUT2D eigenvalue weighted by atomic mass is 32.2. The van der Waals surface area contributed by atoms with Crippen molar-refractivity contribution in [3.63, 3.8) is 0 Å². The third-order valence-corrected chi connectivity index (χ3v) is 6.24. The fourth-order valence-corrected chi connectivity index (χ4v) is 4.32. The van der Waals surface area contributed by atoms with Gasteiger partial charge in [-0.1, -0.05) is 20.8 Å². The van der Waals surface area contributed by atoms with E-state index in [0.717, 1.165) is 13.1 Å². The molecule has 0 saturated carbocycles. The first-order chi connectivity index (χ1) is 9.25. The van der Waals surface area contributed by atoms with E-state index in [-0.39, 0.29) is 0 Å². The lowest BCUT2D eigenvalue weighted by atomic mass is 9.91. The van der Waals surface area contributed by atoms with Gasteiger partial charge in [-0.15, -0.1) is 0 Å². The summed E-state index contributed by atoms with van der Waals surface area (Å²) in [5.74, 6) is 0.717. The second-order valence-electron chi connectivity index (χ2n) is 7.57. The van der Waals surface area contributed by atoms with Gasteiger partial charge in [0.2, 0.25) is 0 Å². The Bertz CT molecular complexity index is 392. The number of piperidine rings is 1. The van der Waals surface area contributed by atoms with Gasteiger partial charge < -0.3 is 4.90 Å². The topological polar surface area (TPSA) is 40.6 Å². The Balaban J connectivity index is 1.72. The van der Waals surface area contributed by atoms with Crippen LogP contribution in [0.15, 0.2) is 0 Å². The molecule has 2 heterocycles. The number of rotatable bonds is 3. The Morgan fingerprint density at radius 3 is 2.05 bits per heavy atom. The molecule has 0 spiro atoms. The van der Waals surface area contributed by atoms with Crippen LogP contribution in [-0.2, 0) is 9.84 Å². The van der Waals surface area contributed by atoms with E-state index in [9.17, 15) is 8.42 Å². The van der Waals surface area contributed by atoms with E-state index in [4.69, 9.17) is 0 Å². The van der Waals surface area contributed by atoms with E-state index in [1.54, 1.807) is 0 Å². The highest BCUT2D eigenvalue weighted by Gasteiger charge is 2.29. The summed E-state index contributed by atoms with van der Waals surface area (Å²) in [5.41, 5.74) is 0.415. The van der Waals surface area contributed by atoms with Crippen molar-refractivity contribution in [2.75, 3.05) is 44.2 Å². The average molecular weight is 302 g/mol. The van der Waals surface area contributed by atoms with Crippen LogP contribution in [0, 0.1) is 5.41 Å². The van der Waals surface area contributed by atoms with Crippen molar-refractivity contribution in [2.24, 2.45) is 5.41 Å². The molecule has 2 aliphatic heterocycles. The normalized spacial score (nSPS) is 26.8. The van der Waals surface area contributed by atoms with Crippen molar-refractivity contribution in [3.05, 3.63) is 0 Å². The van der Waals surface area contributed by atoms with Crippen molar-refractivity contribution < 1.29 is 8.42 Å². The monoisotopic (exact) mass is 302 g/mol. The van der Waals surface area contributed by atoms with Gasteiger partial charge >= 0.3 is 0 Å². The zero-order chi connectivity index (χ0) is 14.8.